The first-order valence-corrected chi connectivity index (χ1v) is 12.7. The predicted octanol–water partition coefficient (Wildman–Crippen LogP) is 5.30. The number of hydrogen-bond donors (Lipinski definition) is 2. The molecule has 0 aromatic heterocycles. The second kappa shape index (κ2) is 8.94. The zero-order chi connectivity index (χ0) is 21.4. The van der Waals surface area contributed by atoms with Crippen LogP contribution in [0.5, 0.6) is 0 Å². The van der Waals surface area contributed by atoms with Gasteiger partial charge in [0, 0.05) is 6.54 Å². The van der Waals surface area contributed by atoms with Gasteiger partial charge in [-0.1, -0.05) is 38.4 Å². The molecule has 8 atom stereocenters. The van der Waals surface area contributed by atoms with Gasteiger partial charge in [-0.05, 0) is 104 Å². The minimum atomic E-state index is -0.162. The number of hydrogen-bond acceptors (Lipinski definition) is 4. The Kier molecular flexibility index (Phi) is 6.65. The SMILES string of the molecule is CCC(/C=N/OCCN)=C\C1C[C@H](O)C[C@H]2CC[C@H]3[C@@H]4CCC[C@@]4(C)CC[C@@H]3[C@@]12C. The van der Waals surface area contributed by atoms with E-state index in [1.807, 2.05) is 6.21 Å². The maximum atomic E-state index is 10.8. The molecule has 4 heteroatoms. The van der Waals surface area contributed by atoms with E-state index in [1.165, 1.54) is 50.5 Å². The van der Waals surface area contributed by atoms with E-state index >= 15 is 0 Å². The molecule has 30 heavy (non-hydrogen) atoms. The highest BCUT2D eigenvalue weighted by atomic mass is 16.6. The Morgan fingerprint density at radius 1 is 1.13 bits per heavy atom. The van der Waals surface area contributed by atoms with Crippen LogP contribution in [0.4, 0.5) is 0 Å². The van der Waals surface area contributed by atoms with Crippen molar-refractivity contribution in [2.24, 2.45) is 51.3 Å². The lowest BCUT2D eigenvalue weighted by atomic mass is 9.42. The van der Waals surface area contributed by atoms with Crippen LogP contribution in [0.3, 0.4) is 0 Å². The first-order valence-electron chi connectivity index (χ1n) is 12.7. The van der Waals surface area contributed by atoms with Crippen LogP contribution in [0.25, 0.3) is 0 Å². The smallest absolute Gasteiger partial charge is 0.129 e. The fraction of sp³-hybridized carbons (Fsp3) is 0.885. The first-order chi connectivity index (χ1) is 14.4. The van der Waals surface area contributed by atoms with Crippen molar-refractivity contribution in [3.05, 3.63) is 11.6 Å². The van der Waals surface area contributed by atoms with Crippen LogP contribution in [-0.4, -0.2) is 30.6 Å². The monoisotopic (exact) mass is 416 g/mol. The molecular weight excluding hydrogens is 372 g/mol. The predicted molar refractivity (Wildman–Crippen MR) is 123 cm³/mol. The van der Waals surface area contributed by atoms with Crippen molar-refractivity contribution in [2.45, 2.75) is 91.1 Å². The van der Waals surface area contributed by atoms with E-state index in [2.05, 4.69) is 32.0 Å². The molecule has 4 aliphatic rings. The number of aliphatic hydroxyl groups is 1. The fourth-order valence-electron chi connectivity index (χ4n) is 8.35. The lowest BCUT2D eigenvalue weighted by Crippen LogP contribution is -2.56. The van der Waals surface area contributed by atoms with Crippen LogP contribution in [0.15, 0.2) is 16.8 Å². The molecule has 0 heterocycles. The molecule has 4 saturated carbocycles. The van der Waals surface area contributed by atoms with E-state index in [0.29, 0.717) is 35.8 Å². The van der Waals surface area contributed by atoms with Crippen LogP contribution >= 0.6 is 0 Å². The molecule has 0 aromatic carbocycles. The quantitative estimate of drug-likeness (QED) is 0.350. The van der Waals surface area contributed by atoms with Gasteiger partial charge in [0.15, 0.2) is 0 Å². The van der Waals surface area contributed by atoms with Gasteiger partial charge in [-0.3, -0.25) is 0 Å². The molecule has 0 aromatic rings. The average molecular weight is 417 g/mol. The number of fused-ring (bicyclic) bond motifs is 5. The third-order valence-electron chi connectivity index (χ3n) is 9.95. The van der Waals surface area contributed by atoms with Gasteiger partial charge in [0.25, 0.3) is 0 Å². The van der Waals surface area contributed by atoms with Crippen molar-refractivity contribution < 1.29 is 9.94 Å². The second-order valence-electron chi connectivity index (χ2n) is 11.3. The molecule has 0 spiro atoms. The maximum Gasteiger partial charge on any atom is 0.129 e. The number of oxime groups is 1. The summed E-state index contributed by atoms with van der Waals surface area (Å²) in [6.45, 7) is 8.31. The van der Waals surface area contributed by atoms with Crippen molar-refractivity contribution in [3.63, 3.8) is 0 Å². The van der Waals surface area contributed by atoms with Crippen molar-refractivity contribution in [1.29, 1.82) is 0 Å². The van der Waals surface area contributed by atoms with Crippen LogP contribution in [0.2, 0.25) is 0 Å². The molecule has 170 valence electrons. The summed E-state index contributed by atoms with van der Waals surface area (Å²) in [7, 11) is 0. The van der Waals surface area contributed by atoms with E-state index in [0.717, 1.165) is 37.0 Å². The summed E-state index contributed by atoms with van der Waals surface area (Å²) in [5.74, 6) is 3.72. The molecule has 0 bridgehead atoms. The largest absolute Gasteiger partial charge is 0.394 e. The zero-order valence-electron chi connectivity index (χ0n) is 19.5. The molecule has 4 rings (SSSR count). The highest BCUT2D eigenvalue weighted by Crippen LogP contribution is 2.67. The van der Waals surface area contributed by atoms with E-state index in [-0.39, 0.29) is 6.10 Å². The summed E-state index contributed by atoms with van der Waals surface area (Å²) in [4.78, 5) is 5.26. The highest BCUT2D eigenvalue weighted by molar-refractivity contribution is 5.77. The van der Waals surface area contributed by atoms with Crippen LogP contribution in [-0.2, 0) is 4.84 Å². The molecule has 4 nitrogen and oxygen atoms in total. The molecule has 0 amide bonds. The van der Waals surface area contributed by atoms with Crippen molar-refractivity contribution >= 4 is 6.21 Å². The summed E-state index contributed by atoms with van der Waals surface area (Å²) in [6.07, 6.45) is 16.8. The third kappa shape index (κ3) is 3.88. The number of rotatable bonds is 6. The van der Waals surface area contributed by atoms with E-state index in [9.17, 15) is 5.11 Å². The maximum absolute atomic E-state index is 10.8. The average Bonchev–Trinajstić information content (AvgIpc) is 3.13. The molecule has 1 unspecified atom stereocenters. The second-order valence-corrected chi connectivity index (χ2v) is 11.3. The van der Waals surface area contributed by atoms with E-state index in [4.69, 9.17) is 10.6 Å². The number of aliphatic hydroxyl groups excluding tert-OH is 1. The van der Waals surface area contributed by atoms with Crippen LogP contribution in [0, 0.1) is 40.4 Å². The molecule has 4 fully saturated rings. The summed E-state index contributed by atoms with van der Waals surface area (Å²) < 4.78 is 0. The van der Waals surface area contributed by atoms with E-state index in [1.54, 1.807) is 0 Å². The lowest BCUT2D eigenvalue weighted by Gasteiger charge is -2.62. The first kappa shape index (κ1) is 22.3. The zero-order valence-corrected chi connectivity index (χ0v) is 19.5. The van der Waals surface area contributed by atoms with Gasteiger partial charge in [-0.15, -0.1) is 0 Å². The van der Waals surface area contributed by atoms with Gasteiger partial charge in [-0.25, -0.2) is 0 Å². The van der Waals surface area contributed by atoms with Gasteiger partial charge in [0.1, 0.15) is 6.61 Å². The minimum Gasteiger partial charge on any atom is -0.394 e. The molecule has 0 saturated heterocycles. The molecule has 3 N–H and O–H groups in total. The Morgan fingerprint density at radius 2 is 1.97 bits per heavy atom. The topological polar surface area (TPSA) is 67.8 Å². The van der Waals surface area contributed by atoms with Gasteiger partial charge in [0.2, 0.25) is 0 Å². The number of nitrogens with zero attached hydrogens (tertiary/aromatic N) is 1. The standard InChI is InChI=1S/C26H44N2O2/c1-4-18(17-28-30-13-12-27)14-20-16-21(29)15-19-7-8-22-23-6-5-10-25(23,2)11-9-24(22)26(19,20)3/h14,17,19-24,29H,4-13,15-16,27H2,1-3H3/b18-14+,28-17+/t19-,20?,21-,22+,23+,24+,25+,26-/m1/s1. The molecular formula is C26H44N2O2. The Balaban J connectivity index is 1.62. The Hall–Kier alpha value is -0.870. The fourth-order valence-corrected chi connectivity index (χ4v) is 8.35. The Morgan fingerprint density at radius 3 is 2.73 bits per heavy atom. The Labute approximate surface area is 183 Å². The minimum absolute atomic E-state index is 0.162. The molecule has 0 radical (unpaired) electrons. The summed E-state index contributed by atoms with van der Waals surface area (Å²) in [6, 6.07) is 0. The van der Waals surface area contributed by atoms with Gasteiger partial charge in [-0.2, -0.15) is 0 Å². The summed E-state index contributed by atoms with van der Waals surface area (Å²) >= 11 is 0. The van der Waals surface area contributed by atoms with Crippen molar-refractivity contribution in [3.8, 4) is 0 Å². The van der Waals surface area contributed by atoms with Gasteiger partial charge >= 0.3 is 0 Å². The van der Waals surface area contributed by atoms with E-state index < -0.39 is 0 Å². The van der Waals surface area contributed by atoms with Gasteiger partial charge in [0.05, 0.1) is 12.3 Å². The van der Waals surface area contributed by atoms with Gasteiger partial charge < -0.3 is 15.7 Å². The summed E-state index contributed by atoms with van der Waals surface area (Å²) in [5, 5.41) is 14.9. The lowest BCUT2D eigenvalue weighted by molar-refractivity contribution is -0.141. The van der Waals surface area contributed by atoms with Crippen LogP contribution < -0.4 is 5.73 Å². The normalized spacial score (nSPS) is 46.4. The third-order valence-corrected chi connectivity index (χ3v) is 9.95. The van der Waals surface area contributed by atoms with Crippen LogP contribution in [0.1, 0.15) is 85.0 Å². The highest BCUT2D eigenvalue weighted by Gasteiger charge is 2.60. The van der Waals surface area contributed by atoms with Crippen molar-refractivity contribution in [1.82, 2.24) is 0 Å². The number of allylic oxidation sites excluding steroid dienone is 2. The molecule has 0 aliphatic heterocycles. The van der Waals surface area contributed by atoms with Crippen molar-refractivity contribution in [2.75, 3.05) is 13.2 Å². The molecule has 4 aliphatic carbocycles. The number of nitrogens with two attached hydrogens (primary N) is 1. The Bertz CT molecular complexity index is 661. The summed E-state index contributed by atoms with van der Waals surface area (Å²) in [5.41, 5.74) is 7.64.